The van der Waals surface area contributed by atoms with Crippen molar-refractivity contribution in [2.75, 3.05) is 0 Å². The summed E-state index contributed by atoms with van der Waals surface area (Å²) in [5.41, 5.74) is 5.02. The van der Waals surface area contributed by atoms with E-state index >= 15 is 0 Å². The molecule has 0 aromatic carbocycles. The molecule has 7 heteroatoms. The molecule has 1 rings (SSSR count). The van der Waals surface area contributed by atoms with E-state index in [1.54, 1.807) is 6.92 Å². The lowest BCUT2D eigenvalue weighted by Gasteiger charge is -1.98. The zero-order valence-corrected chi connectivity index (χ0v) is 9.32. The highest BCUT2D eigenvalue weighted by Crippen LogP contribution is 1.95. The molecule has 2 atom stereocenters. The molecule has 7 nitrogen and oxygen atoms in total. The van der Waals surface area contributed by atoms with E-state index in [2.05, 4.69) is 10.6 Å². The number of nitrogens with two attached hydrogens (primary N) is 1. The molecule has 0 bridgehead atoms. The lowest BCUT2D eigenvalue weighted by Crippen LogP contribution is -2.28. The molecule has 1 fully saturated rings. The number of hydrogen-bond acceptors (Lipinski definition) is 4. The van der Waals surface area contributed by atoms with Gasteiger partial charge in [0.15, 0.2) is 0 Å². The molecule has 0 aromatic heterocycles. The van der Waals surface area contributed by atoms with E-state index in [1.807, 2.05) is 6.92 Å². The van der Waals surface area contributed by atoms with Crippen molar-refractivity contribution in [3.8, 4) is 0 Å². The Morgan fingerprint density at radius 3 is 2.19 bits per heavy atom. The molecule has 0 radical (unpaired) electrons. The molecule has 2 unspecified atom stereocenters. The molecule has 1 aliphatic rings. The van der Waals surface area contributed by atoms with Crippen molar-refractivity contribution in [2.45, 2.75) is 38.8 Å². The molecule has 1 aliphatic heterocycles. The van der Waals surface area contributed by atoms with Crippen LogP contribution in [-0.4, -0.2) is 35.1 Å². The zero-order valence-electron chi connectivity index (χ0n) is 9.32. The Hall–Kier alpha value is -1.63. The highest BCUT2D eigenvalue weighted by Gasteiger charge is 2.26. The molecule has 16 heavy (non-hydrogen) atoms. The standard InChI is InChI=1S/C5H8N2O2.C4H9NO2/c1-2-3-4(8)7-5(9)6-3;1-2-3(5)4(6)7/h3H,2H2,1H3,(H2,6,7,8,9);3H,2,5H2,1H3,(H,6,7). The summed E-state index contributed by atoms with van der Waals surface area (Å²) in [4.78, 5) is 30.8. The Labute approximate surface area is 93.4 Å². The van der Waals surface area contributed by atoms with Crippen LogP contribution >= 0.6 is 0 Å². The minimum atomic E-state index is -0.928. The van der Waals surface area contributed by atoms with E-state index < -0.39 is 12.0 Å². The van der Waals surface area contributed by atoms with Crippen LogP contribution in [0, 0.1) is 0 Å². The second kappa shape index (κ2) is 6.78. The number of carboxylic acid groups (broad SMARTS) is 1. The van der Waals surface area contributed by atoms with E-state index in [4.69, 9.17) is 10.8 Å². The van der Waals surface area contributed by atoms with Gasteiger partial charge in [-0.15, -0.1) is 0 Å². The van der Waals surface area contributed by atoms with Crippen molar-refractivity contribution in [3.05, 3.63) is 0 Å². The van der Waals surface area contributed by atoms with Crippen molar-refractivity contribution in [3.63, 3.8) is 0 Å². The molecule has 5 N–H and O–H groups in total. The van der Waals surface area contributed by atoms with Gasteiger partial charge in [-0.25, -0.2) is 4.79 Å². The van der Waals surface area contributed by atoms with Crippen LogP contribution in [0.4, 0.5) is 4.79 Å². The second-order valence-corrected chi connectivity index (χ2v) is 3.28. The van der Waals surface area contributed by atoms with Crippen molar-refractivity contribution < 1.29 is 19.5 Å². The lowest BCUT2D eigenvalue weighted by molar-refractivity contribution is -0.138. The normalized spacial score (nSPS) is 20.3. The van der Waals surface area contributed by atoms with E-state index in [9.17, 15) is 14.4 Å². The molecular formula is C9H17N3O4. The van der Waals surface area contributed by atoms with E-state index in [0.29, 0.717) is 12.8 Å². The van der Waals surface area contributed by atoms with Gasteiger partial charge in [0.2, 0.25) is 0 Å². The van der Waals surface area contributed by atoms with Gasteiger partial charge in [0.1, 0.15) is 12.1 Å². The minimum absolute atomic E-state index is 0.220. The Balaban J connectivity index is 0.000000293. The molecule has 0 aromatic rings. The van der Waals surface area contributed by atoms with Gasteiger partial charge in [0, 0.05) is 0 Å². The minimum Gasteiger partial charge on any atom is -0.480 e. The number of carboxylic acids is 1. The van der Waals surface area contributed by atoms with Crippen LogP contribution in [0.15, 0.2) is 0 Å². The summed E-state index contributed by atoms with van der Waals surface area (Å²) in [7, 11) is 0. The third-order valence-corrected chi connectivity index (χ3v) is 2.02. The van der Waals surface area contributed by atoms with E-state index in [-0.39, 0.29) is 18.0 Å². The predicted octanol–water partition coefficient (Wildman–Crippen LogP) is -0.587. The summed E-state index contributed by atoms with van der Waals surface area (Å²) < 4.78 is 0. The number of urea groups is 1. The Morgan fingerprint density at radius 2 is 2.06 bits per heavy atom. The second-order valence-electron chi connectivity index (χ2n) is 3.28. The first-order chi connectivity index (χ1) is 7.42. The van der Waals surface area contributed by atoms with Gasteiger partial charge in [-0.3, -0.25) is 14.9 Å². The van der Waals surface area contributed by atoms with Crippen LogP contribution in [0.3, 0.4) is 0 Å². The topological polar surface area (TPSA) is 122 Å². The largest absolute Gasteiger partial charge is 0.480 e. The van der Waals surface area contributed by atoms with Gasteiger partial charge in [-0.1, -0.05) is 13.8 Å². The number of rotatable bonds is 3. The van der Waals surface area contributed by atoms with Crippen LogP contribution in [0.5, 0.6) is 0 Å². The van der Waals surface area contributed by atoms with Gasteiger partial charge in [-0.05, 0) is 12.8 Å². The number of amides is 3. The van der Waals surface area contributed by atoms with Gasteiger partial charge in [0.25, 0.3) is 5.91 Å². The average Bonchev–Trinajstić information content (AvgIpc) is 2.56. The quantitative estimate of drug-likeness (QED) is 0.484. The smallest absolute Gasteiger partial charge is 0.322 e. The highest BCUT2D eigenvalue weighted by molar-refractivity contribution is 6.04. The van der Waals surface area contributed by atoms with Crippen LogP contribution < -0.4 is 16.4 Å². The predicted molar refractivity (Wildman–Crippen MR) is 56.7 cm³/mol. The Kier molecular flexibility index (Phi) is 6.09. The lowest BCUT2D eigenvalue weighted by atomic mass is 10.2. The average molecular weight is 231 g/mol. The number of carbonyl (C=O) groups is 3. The fraction of sp³-hybridized carbons (Fsp3) is 0.667. The molecule has 0 aliphatic carbocycles. The number of imide groups is 1. The summed E-state index contributed by atoms with van der Waals surface area (Å²) >= 11 is 0. The van der Waals surface area contributed by atoms with Crippen molar-refractivity contribution in [2.24, 2.45) is 5.73 Å². The fourth-order valence-electron chi connectivity index (χ4n) is 0.921. The molecule has 0 saturated carbocycles. The maximum atomic E-state index is 10.6. The third-order valence-electron chi connectivity index (χ3n) is 2.02. The Bertz CT molecular complexity index is 280. The van der Waals surface area contributed by atoms with Gasteiger partial charge in [-0.2, -0.15) is 0 Å². The SMILES string of the molecule is CCC(N)C(=O)O.CCC1NC(=O)NC1=O. The number of aliphatic carboxylic acids is 1. The number of carbonyl (C=O) groups excluding carboxylic acids is 2. The highest BCUT2D eigenvalue weighted by atomic mass is 16.4. The van der Waals surface area contributed by atoms with Crippen LogP contribution in [0.25, 0.3) is 0 Å². The molecular weight excluding hydrogens is 214 g/mol. The third kappa shape index (κ3) is 4.74. The van der Waals surface area contributed by atoms with Gasteiger partial charge < -0.3 is 16.2 Å². The van der Waals surface area contributed by atoms with Crippen LogP contribution in [0.2, 0.25) is 0 Å². The van der Waals surface area contributed by atoms with Crippen molar-refractivity contribution in [1.82, 2.24) is 10.6 Å². The molecule has 0 spiro atoms. The monoisotopic (exact) mass is 231 g/mol. The summed E-state index contributed by atoms with van der Waals surface area (Å²) in [5.74, 6) is -1.15. The maximum Gasteiger partial charge on any atom is 0.322 e. The maximum absolute atomic E-state index is 10.6. The molecule has 3 amide bonds. The summed E-state index contributed by atoms with van der Waals surface area (Å²) in [5, 5.41) is 12.6. The number of nitrogens with one attached hydrogen (secondary N) is 2. The van der Waals surface area contributed by atoms with E-state index in [1.165, 1.54) is 0 Å². The van der Waals surface area contributed by atoms with Crippen molar-refractivity contribution in [1.29, 1.82) is 0 Å². The van der Waals surface area contributed by atoms with Crippen molar-refractivity contribution >= 4 is 17.9 Å². The molecule has 1 heterocycles. The fourth-order valence-corrected chi connectivity index (χ4v) is 0.921. The first-order valence-corrected chi connectivity index (χ1v) is 5.02. The van der Waals surface area contributed by atoms with E-state index in [0.717, 1.165) is 0 Å². The van der Waals surface area contributed by atoms with Gasteiger partial charge in [0.05, 0.1) is 0 Å². The van der Waals surface area contributed by atoms with Crippen LogP contribution in [0.1, 0.15) is 26.7 Å². The summed E-state index contributed by atoms with van der Waals surface area (Å²) in [6.07, 6.45) is 1.15. The van der Waals surface area contributed by atoms with Gasteiger partial charge >= 0.3 is 12.0 Å². The first-order valence-electron chi connectivity index (χ1n) is 5.02. The zero-order chi connectivity index (χ0) is 12.7. The molecule has 92 valence electrons. The number of hydrogen-bond donors (Lipinski definition) is 4. The summed E-state index contributed by atoms with van der Waals surface area (Å²) in [6.45, 7) is 3.58. The Morgan fingerprint density at radius 1 is 1.50 bits per heavy atom. The van der Waals surface area contributed by atoms with Crippen LogP contribution in [-0.2, 0) is 9.59 Å². The summed E-state index contributed by atoms with van der Waals surface area (Å²) in [6, 6.07) is -1.37. The molecule has 1 saturated heterocycles. The first kappa shape index (κ1) is 14.4.